The van der Waals surface area contributed by atoms with Gasteiger partial charge in [0.1, 0.15) is 0 Å². The number of hydrogen-bond donors (Lipinski definition) is 1. The van der Waals surface area contributed by atoms with E-state index in [0.717, 1.165) is 6.54 Å². The fourth-order valence-corrected chi connectivity index (χ4v) is 4.76. The standard InChI is InChI=1S/C18H30N2S/c1-3-17(2)14-19-18(9-5-4-6-10-18)15-20(17)11-7-16-8-12-21-13-16/h8,12-13,19H,3-7,9-11,14-15H2,1-2H3. The van der Waals surface area contributed by atoms with Crippen LogP contribution < -0.4 is 5.32 Å². The molecular formula is C18H30N2S. The Morgan fingerprint density at radius 2 is 2.10 bits per heavy atom. The Bertz CT molecular complexity index is 436. The van der Waals surface area contributed by atoms with E-state index in [4.69, 9.17) is 0 Å². The smallest absolute Gasteiger partial charge is 0.0309 e. The summed E-state index contributed by atoms with van der Waals surface area (Å²) in [6.45, 7) is 8.42. The highest BCUT2D eigenvalue weighted by atomic mass is 32.1. The number of thiophene rings is 1. The van der Waals surface area contributed by atoms with Crippen LogP contribution >= 0.6 is 11.3 Å². The molecule has 3 heteroatoms. The molecule has 1 atom stereocenters. The largest absolute Gasteiger partial charge is 0.308 e. The first-order chi connectivity index (χ1) is 10.2. The Hall–Kier alpha value is -0.380. The van der Waals surface area contributed by atoms with Gasteiger partial charge in [0, 0.05) is 30.7 Å². The van der Waals surface area contributed by atoms with Crippen molar-refractivity contribution in [1.82, 2.24) is 10.2 Å². The molecule has 21 heavy (non-hydrogen) atoms. The molecule has 0 amide bonds. The van der Waals surface area contributed by atoms with Gasteiger partial charge in [0.15, 0.2) is 0 Å². The quantitative estimate of drug-likeness (QED) is 0.902. The van der Waals surface area contributed by atoms with Crippen LogP contribution in [0.5, 0.6) is 0 Å². The van der Waals surface area contributed by atoms with Gasteiger partial charge in [-0.1, -0.05) is 26.2 Å². The Morgan fingerprint density at radius 1 is 1.29 bits per heavy atom. The van der Waals surface area contributed by atoms with Crippen molar-refractivity contribution >= 4 is 11.3 Å². The summed E-state index contributed by atoms with van der Waals surface area (Å²) in [5.74, 6) is 0. The molecular weight excluding hydrogens is 276 g/mol. The van der Waals surface area contributed by atoms with Crippen LogP contribution in [-0.4, -0.2) is 35.6 Å². The van der Waals surface area contributed by atoms with Crippen LogP contribution in [0.3, 0.4) is 0 Å². The van der Waals surface area contributed by atoms with Crippen LogP contribution in [0.4, 0.5) is 0 Å². The topological polar surface area (TPSA) is 15.3 Å². The zero-order valence-corrected chi connectivity index (χ0v) is 14.5. The van der Waals surface area contributed by atoms with Crippen molar-refractivity contribution in [3.05, 3.63) is 22.4 Å². The van der Waals surface area contributed by atoms with Gasteiger partial charge in [-0.25, -0.2) is 0 Å². The maximum Gasteiger partial charge on any atom is 0.0309 e. The van der Waals surface area contributed by atoms with Crippen molar-refractivity contribution in [2.75, 3.05) is 19.6 Å². The molecule has 0 aromatic carbocycles. The van der Waals surface area contributed by atoms with Crippen LogP contribution in [0, 0.1) is 0 Å². The number of nitrogens with one attached hydrogen (secondary N) is 1. The molecule has 0 radical (unpaired) electrons. The average Bonchev–Trinajstić information content (AvgIpc) is 3.03. The minimum atomic E-state index is 0.332. The predicted molar refractivity (Wildman–Crippen MR) is 92.1 cm³/mol. The summed E-state index contributed by atoms with van der Waals surface area (Å²) in [7, 11) is 0. The highest BCUT2D eigenvalue weighted by Crippen LogP contribution is 2.35. The van der Waals surface area contributed by atoms with Gasteiger partial charge in [-0.15, -0.1) is 0 Å². The maximum absolute atomic E-state index is 3.96. The van der Waals surface area contributed by atoms with Crippen LogP contribution in [0.15, 0.2) is 16.8 Å². The predicted octanol–water partition coefficient (Wildman–Crippen LogP) is 4.07. The minimum Gasteiger partial charge on any atom is -0.308 e. The van der Waals surface area contributed by atoms with Gasteiger partial charge in [-0.05, 0) is 55.0 Å². The summed E-state index contributed by atoms with van der Waals surface area (Å²) in [6, 6.07) is 2.28. The third kappa shape index (κ3) is 3.35. The summed E-state index contributed by atoms with van der Waals surface area (Å²) < 4.78 is 0. The number of piperazine rings is 1. The van der Waals surface area contributed by atoms with E-state index in [1.807, 2.05) is 11.3 Å². The highest BCUT2D eigenvalue weighted by molar-refractivity contribution is 7.07. The molecule has 3 rings (SSSR count). The average molecular weight is 307 g/mol. The SMILES string of the molecule is CCC1(C)CNC2(CCCCC2)CN1CCc1ccsc1. The van der Waals surface area contributed by atoms with E-state index in [2.05, 4.69) is 40.9 Å². The molecule has 1 saturated heterocycles. The molecule has 1 aromatic heterocycles. The molecule has 2 aliphatic rings. The van der Waals surface area contributed by atoms with E-state index in [-0.39, 0.29) is 0 Å². The molecule has 2 nitrogen and oxygen atoms in total. The van der Waals surface area contributed by atoms with Gasteiger partial charge in [0.25, 0.3) is 0 Å². The first-order valence-corrected chi connectivity index (χ1v) is 9.61. The zero-order chi connectivity index (χ0) is 14.8. The van der Waals surface area contributed by atoms with E-state index in [9.17, 15) is 0 Å². The lowest BCUT2D eigenvalue weighted by Gasteiger charge is -2.54. The van der Waals surface area contributed by atoms with Crippen molar-refractivity contribution in [3.8, 4) is 0 Å². The van der Waals surface area contributed by atoms with Crippen molar-refractivity contribution in [2.45, 2.75) is 69.9 Å². The monoisotopic (exact) mass is 306 g/mol. The summed E-state index contributed by atoms with van der Waals surface area (Å²) in [6.07, 6.45) is 9.45. The molecule has 1 aromatic rings. The lowest BCUT2D eigenvalue weighted by Crippen LogP contribution is -2.69. The number of rotatable bonds is 4. The Labute approximate surface area is 133 Å². The first-order valence-electron chi connectivity index (χ1n) is 8.67. The van der Waals surface area contributed by atoms with Crippen molar-refractivity contribution in [2.24, 2.45) is 0 Å². The summed E-state index contributed by atoms with van der Waals surface area (Å²) in [4.78, 5) is 2.80. The second-order valence-electron chi connectivity index (χ2n) is 7.35. The Morgan fingerprint density at radius 3 is 2.76 bits per heavy atom. The lowest BCUT2D eigenvalue weighted by atomic mass is 9.77. The van der Waals surface area contributed by atoms with Crippen molar-refractivity contribution in [1.29, 1.82) is 0 Å². The van der Waals surface area contributed by atoms with E-state index in [1.54, 1.807) is 0 Å². The van der Waals surface area contributed by atoms with Crippen LogP contribution in [-0.2, 0) is 6.42 Å². The molecule has 118 valence electrons. The normalized spacial score (nSPS) is 29.8. The van der Waals surface area contributed by atoms with E-state index < -0.39 is 0 Å². The van der Waals surface area contributed by atoms with E-state index >= 15 is 0 Å². The first kappa shape index (κ1) is 15.5. The number of nitrogens with zero attached hydrogens (tertiary/aromatic N) is 1. The summed E-state index contributed by atoms with van der Waals surface area (Å²) in [5.41, 5.74) is 2.26. The van der Waals surface area contributed by atoms with Gasteiger partial charge < -0.3 is 5.32 Å². The maximum atomic E-state index is 3.96. The van der Waals surface area contributed by atoms with Crippen molar-refractivity contribution in [3.63, 3.8) is 0 Å². The van der Waals surface area contributed by atoms with Gasteiger partial charge in [0.2, 0.25) is 0 Å². The molecule has 0 bridgehead atoms. The molecule has 1 saturated carbocycles. The fraction of sp³-hybridized carbons (Fsp3) is 0.778. The third-order valence-corrected chi connectivity index (χ3v) is 6.66. The fourth-order valence-electron chi connectivity index (χ4n) is 4.06. The summed E-state index contributed by atoms with van der Waals surface area (Å²) in [5, 5.41) is 8.47. The molecule has 1 unspecified atom stereocenters. The zero-order valence-electron chi connectivity index (χ0n) is 13.7. The Kier molecular flexibility index (Phi) is 4.72. The highest BCUT2D eigenvalue weighted by Gasteiger charge is 2.44. The van der Waals surface area contributed by atoms with Gasteiger partial charge in [-0.3, -0.25) is 4.90 Å². The molecule has 2 fully saturated rings. The van der Waals surface area contributed by atoms with Crippen molar-refractivity contribution < 1.29 is 0 Å². The van der Waals surface area contributed by atoms with Gasteiger partial charge in [-0.2, -0.15) is 11.3 Å². The van der Waals surface area contributed by atoms with Gasteiger partial charge >= 0.3 is 0 Å². The van der Waals surface area contributed by atoms with Crippen LogP contribution in [0.1, 0.15) is 57.9 Å². The van der Waals surface area contributed by atoms with Gasteiger partial charge in [0.05, 0.1) is 0 Å². The number of hydrogen-bond acceptors (Lipinski definition) is 3. The molecule has 1 spiro atoms. The molecule has 1 aliphatic carbocycles. The Balaban J connectivity index is 1.69. The molecule has 1 N–H and O–H groups in total. The minimum absolute atomic E-state index is 0.332. The van der Waals surface area contributed by atoms with Crippen LogP contribution in [0.2, 0.25) is 0 Å². The van der Waals surface area contributed by atoms with Crippen LogP contribution in [0.25, 0.3) is 0 Å². The second-order valence-corrected chi connectivity index (χ2v) is 8.13. The van der Waals surface area contributed by atoms with E-state index in [1.165, 1.54) is 63.6 Å². The van der Waals surface area contributed by atoms with E-state index in [0.29, 0.717) is 11.1 Å². The molecule has 1 aliphatic heterocycles. The lowest BCUT2D eigenvalue weighted by molar-refractivity contribution is -0.000556. The molecule has 2 heterocycles. The summed E-state index contributed by atoms with van der Waals surface area (Å²) >= 11 is 1.82. The third-order valence-electron chi connectivity index (χ3n) is 5.92. The second kappa shape index (κ2) is 6.39.